The maximum Gasteiger partial charge on any atom is 0.270 e. The molecule has 0 aliphatic heterocycles. The molecule has 0 bridgehead atoms. The van der Waals surface area contributed by atoms with Crippen LogP contribution in [0.4, 0.5) is 11.4 Å². The lowest BCUT2D eigenvalue weighted by Gasteiger charge is -2.11. The van der Waals surface area contributed by atoms with Crippen LogP contribution >= 0.6 is 0 Å². The second-order valence-corrected chi connectivity index (χ2v) is 6.50. The molecule has 0 saturated carbocycles. The number of rotatable bonds is 4. The van der Waals surface area contributed by atoms with Crippen molar-refractivity contribution in [2.24, 2.45) is 0 Å². The van der Waals surface area contributed by atoms with Crippen LogP contribution in [-0.2, 0) is 10.0 Å². The monoisotopic (exact) mass is 322 g/mol. The van der Waals surface area contributed by atoms with Crippen molar-refractivity contribution in [3.8, 4) is 5.75 Å². The Labute approximate surface area is 127 Å². The summed E-state index contributed by atoms with van der Waals surface area (Å²) in [6.07, 6.45) is 0. The highest BCUT2D eigenvalue weighted by atomic mass is 32.2. The Bertz CT molecular complexity index is 823. The summed E-state index contributed by atoms with van der Waals surface area (Å²) in [7, 11) is -3.95. The lowest BCUT2D eigenvalue weighted by atomic mass is 10.1. The third-order valence-electron chi connectivity index (χ3n) is 3.08. The first kappa shape index (κ1) is 15.8. The van der Waals surface area contributed by atoms with Gasteiger partial charge >= 0.3 is 0 Å². The Morgan fingerprint density at radius 3 is 2.27 bits per heavy atom. The van der Waals surface area contributed by atoms with Gasteiger partial charge in [-0.1, -0.05) is 6.07 Å². The minimum atomic E-state index is -3.95. The third kappa shape index (κ3) is 3.17. The van der Waals surface area contributed by atoms with E-state index in [4.69, 9.17) is 0 Å². The Morgan fingerprint density at radius 1 is 1.14 bits per heavy atom. The van der Waals surface area contributed by atoms with Crippen LogP contribution in [0.2, 0.25) is 0 Å². The van der Waals surface area contributed by atoms with E-state index in [0.29, 0.717) is 11.1 Å². The molecule has 8 heteroatoms. The van der Waals surface area contributed by atoms with Gasteiger partial charge in [-0.15, -0.1) is 0 Å². The van der Waals surface area contributed by atoms with Crippen LogP contribution in [0.15, 0.2) is 41.3 Å². The van der Waals surface area contributed by atoms with Gasteiger partial charge in [-0.2, -0.15) is 0 Å². The van der Waals surface area contributed by atoms with Crippen LogP contribution in [0.25, 0.3) is 0 Å². The lowest BCUT2D eigenvalue weighted by Crippen LogP contribution is -2.13. The van der Waals surface area contributed by atoms with Crippen molar-refractivity contribution in [3.63, 3.8) is 0 Å². The van der Waals surface area contributed by atoms with Gasteiger partial charge in [0.05, 0.1) is 9.82 Å². The van der Waals surface area contributed by atoms with Gasteiger partial charge in [-0.05, 0) is 43.2 Å². The van der Waals surface area contributed by atoms with Gasteiger partial charge in [0.2, 0.25) is 0 Å². The molecule has 2 rings (SSSR count). The zero-order chi connectivity index (χ0) is 16.5. The molecule has 0 aliphatic carbocycles. The highest BCUT2D eigenvalue weighted by molar-refractivity contribution is 7.92. The number of anilines is 1. The van der Waals surface area contributed by atoms with Crippen LogP contribution in [0.1, 0.15) is 11.1 Å². The number of aromatic hydroxyl groups is 1. The molecule has 2 N–H and O–H groups in total. The summed E-state index contributed by atoms with van der Waals surface area (Å²) < 4.78 is 26.9. The molecule has 0 saturated heterocycles. The second-order valence-electron chi connectivity index (χ2n) is 4.82. The maximum absolute atomic E-state index is 12.3. The first-order valence-electron chi connectivity index (χ1n) is 6.28. The molecule has 0 fully saturated rings. The fraction of sp³-hybridized carbons (Fsp3) is 0.143. The van der Waals surface area contributed by atoms with E-state index in [1.54, 1.807) is 13.8 Å². The molecule has 22 heavy (non-hydrogen) atoms. The van der Waals surface area contributed by atoms with E-state index in [1.807, 2.05) is 0 Å². The minimum Gasteiger partial charge on any atom is -0.507 e. The summed E-state index contributed by atoms with van der Waals surface area (Å²) in [6.45, 7) is 3.29. The van der Waals surface area contributed by atoms with Crippen LogP contribution in [0.3, 0.4) is 0 Å². The fourth-order valence-electron chi connectivity index (χ4n) is 1.99. The molecule has 0 amide bonds. The number of phenolic OH excluding ortho intramolecular Hbond substituents is 1. The summed E-state index contributed by atoms with van der Waals surface area (Å²) in [5, 5.41) is 20.4. The number of aryl methyl sites for hydroxylation is 2. The summed E-state index contributed by atoms with van der Waals surface area (Å²) in [5.74, 6) is 0.0956. The molecule has 2 aromatic carbocycles. The van der Waals surface area contributed by atoms with E-state index in [1.165, 1.54) is 30.3 Å². The lowest BCUT2D eigenvalue weighted by molar-refractivity contribution is -0.385. The number of sulfonamides is 1. The molecular formula is C14H14N2O5S. The van der Waals surface area contributed by atoms with E-state index in [-0.39, 0.29) is 22.0 Å². The molecule has 0 unspecified atom stereocenters. The van der Waals surface area contributed by atoms with Gasteiger partial charge < -0.3 is 5.11 Å². The van der Waals surface area contributed by atoms with Crippen molar-refractivity contribution < 1.29 is 18.4 Å². The molecule has 0 radical (unpaired) electrons. The predicted molar refractivity (Wildman–Crippen MR) is 81.5 cm³/mol. The summed E-state index contributed by atoms with van der Waals surface area (Å²) in [5.41, 5.74) is 1.02. The maximum atomic E-state index is 12.3. The summed E-state index contributed by atoms with van der Waals surface area (Å²) >= 11 is 0. The number of nitrogens with zero attached hydrogens (tertiary/aromatic N) is 1. The van der Waals surface area contributed by atoms with Gasteiger partial charge in [0.1, 0.15) is 5.75 Å². The van der Waals surface area contributed by atoms with Crippen molar-refractivity contribution in [2.75, 3.05) is 4.72 Å². The largest absolute Gasteiger partial charge is 0.507 e. The number of non-ortho nitro benzene ring substituents is 1. The second kappa shape index (κ2) is 5.64. The van der Waals surface area contributed by atoms with E-state index in [2.05, 4.69) is 4.72 Å². The van der Waals surface area contributed by atoms with Gasteiger partial charge in [-0.25, -0.2) is 8.42 Å². The van der Waals surface area contributed by atoms with Crippen molar-refractivity contribution in [1.29, 1.82) is 0 Å². The van der Waals surface area contributed by atoms with Crippen LogP contribution in [0, 0.1) is 24.0 Å². The number of nitro benzene ring substituents is 1. The van der Waals surface area contributed by atoms with E-state index in [0.717, 1.165) is 6.07 Å². The molecule has 0 heterocycles. The molecule has 2 aromatic rings. The Morgan fingerprint density at radius 2 is 1.73 bits per heavy atom. The highest BCUT2D eigenvalue weighted by Crippen LogP contribution is 2.27. The zero-order valence-corrected chi connectivity index (χ0v) is 12.7. The Kier molecular flexibility index (Phi) is 4.05. The van der Waals surface area contributed by atoms with Crippen molar-refractivity contribution >= 4 is 21.4 Å². The van der Waals surface area contributed by atoms with Crippen LogP contribution < -0.4 is 4.72 Å². The third-order valence-corrected chi connectivity index (χ3v) is 4.46. The molecule has 116 valence electrons. The smallest absolute Gasteiger partial charge is 0.270 e. The number of hydrogen-bond donors (Lipinski definition) is 2. The van der Waals surface area contributed by atoms with Gasteiger partial charge in [0.25, 0.3) is 15.7 Å². The summed E-state index contributed by atoms with van der Waals surface area (Å²) in [4.78, 5) is 9.87. The highest BCUT2D eigenvalue weighted by Gasteiger charge is 2.18. The van der Waals surface area contributed by atoms with Gasteiger partial charge in [0, 0.05) is 17.8 Å². The summed E-state index contributed by atoms with van der Waals surface area (Å²) in [6, 6.07) is 7.75. The van der Waals surface area contributed by atoms with Crippen LogP contribution in [-0.4, -0.2) is 18.4 Å². The van der Waals surface area contributed by atoms with Gasteiger partial charge in [0.15, 0.2) is 0 Å². The standard InChI is InChI=1S/C14H14N2O5S/c1-9-6-11(7-10(2)14(9)17)15-22(20,21)13-5-3-4-12(8-13)16(18)19/h3-8,15,17H,1-2H3. The van der Waals surface area contributed by atoms with E-state index < -0.39 is 14.9 Å². The number of nitro groups is 1. The normalized spacial score (nSPS) is 11.2. The van der Waals surface area contributed by atoms with E-state index in [9.17, 15) is 23.6 Å². The number of nitrogens with one attached hydrogen (secondary N) is 1. The van der Waals surface area contributed by atoms with Crippen LogP contribution in [0.5, 0.6) is 5.75 Å². The first-order valence-corrected chi connectivity index (χ1v) is 7.76. The Hall–Kier alpha value is -2.61. The average molecular weight is 322 g/mol. The zero-order valence-electron chi connectivity index (χ0n) is 11.9. The molecule has 0 aromatic heterocycles. The fourth-order valence-corrected chi connectivity index (χ4v) is 3.07. The average Bonchev–Trinajstić information content (AvgIpc) is 2.44. The molecule has 0 atom stereocenters. The number of benzene rings is 2. The van der Waals surface area contributed by atoms with Gasteiger partial charge in [-0.3, -0.25) is 14.8 Å². The number of phenols is 1. The molecule has 0 aliphatic rings. The number of hydrogen-bond acceptors (Lipinski definition) is 5. The Balaban J connectivity index is 2.40. The van der Waals surface area contributed by atoms with E-state index >= 15 is 0 Å². The topological polar surface area (TPSA) is 110 Å². The SMILES string of the molecule is Cc1cc(NS(=O)(=O)c2cccc([N+](=O)[O-])c2)cc(C)c1O. The quantitative estimate of drug-likeness (QED) is 0.511. The molecule has 7 nitrogen and oxygen atoms in total. The van der Waals surface area contributed by atoms with Crippen molar-refractivity contribution in [1.82, 2.24) is 0 Å². The first-order chi connectivity index (χ1) is 10.2. The molecular weight excluding hydrogens is 308 g/mol. The predicted octanol–water partition coefficient (Wildman–Crippen LogP) is 2.72. The van der Waals surface area contributed by atoms with Crippen molar-refractivity contribution in [2.45, 2.75) is 18.7 Å². The van der Waals surface area contributed by atoms with Crippen molar-refractivity contribution in [3.05, 3.63) is 57.6 Å². The molecule has 0 spiro atoms. The minimum absolute atomic E-state index is 0.0956.